The highest BCUT2D eigenvalue weighted by atomic mass is 127. The van der Waals surface area contributed by atoms with Gasteiger partial charge in [-0.3, -0.25) is 4.79 Å². The first-order valence-electron chi connectivity index (χ1n) is 8.22. The van der Waals surface area contributed by atoms with E-state index >= 15 is 0 Å². The number of imidazole rings is 1. The third-order valence-corrected chi connectivity index (χ3v) is 5.18. The van der Waals surface area contributed by atoms with Gasteiger partial charge in [0.25, 0.3) is 5.91 Å². The van der Waals surface area contributed by atoms with Gasteiger partial charge in [0.15, 0.2) is 0 Å². The minimum atomic E-state index is -0.105. The molecular formula is C21H16IN3O. The molecule has 0 aliphatic carbocycles. The molecule has 128 valence electrons. The van der Waals surface area contributed by atoms with Gasteiger partial charge in [0, 0.05) is 27.2 Å². The van der Waals surface area contributed by atoms with Crippen LogP contribution in [0.2, 0.25) is 0 Å². The summed E-state index contributed by atoms with van der Waals surface area (Å²) in [7, 11) is 0. The fourth-order valence-corrected chi connectivity index (χ4v) is 3.49. The second-order valence-electron chi connectivity index (χ2n) is 6.06. The van der Waals surface area contributed by atoms with E-state index in [2.05, 4.69) is 40.9 Å². The van der Waals surface area contributed by atoms with E-state index in [4.69, 9.17) is 4.98 Å². The maximum absolute atomic E-state index is 12.4. The zero-order valence-corrected chi connectivity index (χ0v) is 16.3. The Morgan fingerprint density at radius 2 is 1.81 bits per heavy atom. The molecule has 0 fully saturated rings. The summed E-state index contributed by atoms with van der Waals surface area (Å²) in [5, 5.41) is 2.94. The van der Waals surface area contributed by atoms with Gasteiger partial charge in [0.1, 0.15) is 5.65 Å². The Hall–Kier alpha value is -2.67. The van der Waals surface area contributed by atoms with Gasteiger partial charge in [-0.05, 0) is 65.4 Å². The molecule has 0 saturated heterocycles. The molecule has 4 aromatic rings. The third-order valence-electron chi connectivity index (χ3n) is 4.23. The number of hydrogen-bond acceptors (Lipinski definition) is 2. The molecule has 0 aliphatic rings. The average Bonchev–Trinajstić information content (AvgIpc) is 3.08. The predicted octanol–water partition coefficient (Wildman–Crippen LogP) is 5.17. The van der Waals surface area contributed by atoms with Crippen LogP contribution >= 0.6 is 22.6 Å². The number of nitrogens with one attached hydrogen (secondary N) is 1. The van der Waals surface area contributed by atoms with Gasteiger partial charge in [0.2, 0.25) is 0 Å². The van der Waals surface area contributed by atoms with E-state index in [-0.39, 0.29) is 5.91 Å². The Balaban J connectivity index is 1.57. The molecule has 0 bridgehead atoms. The molecule has 0 unspecified atom stereocenters. The van der Waals surface area contributed by atoms with Crippen molar-refractivity contribution in [2.45, 2.75) is 6.92 Å². The number of carbonyl (C=O) groups is 1. The van der Waals surface area contributed by atoms with Crippen LogP contribution in [-0.4, -0.2) is 15.3 Å². The SMILES string of the molecule is Cc1cccn2cc(-c3ccc(NC(=O)c4ccccc4I)cc3)nc12. The number of halogens is 1. The summed E-state index contributed by atoms with van der Waals surface area (Å²) < 4.78 is 2.96. The summed E-state index contributed by atoms with van der Waals surface area (Å²) in [6, 6.07) is 19.3. The molecular weight excluding hydrogens is 437 g/mol. The van der Waals surface area contributed by atoms with Gasteiger partial charge in [-0.15, -0.1) is 0 Å². The highest BCUT2D eigenvalue weighted by Gasteiger charge is 2.10. The van der Waals surface area contributed by atoms with Crippen molar-refractivity contribution >= 4 is 39.8 Å². The van der Waals surface area contributed by atoms with Gasteiger partial charge >= 0.3 is 0 Å². The van der Waals surface area contributed by atoms with E-state index < -0.39 is 0 Å². The largest absolute Gasteiger partial charge is 0.322 e. The van der Waals surface area contributed by atoms with Crippen molar-refractivity contribution in [1.82, 2.24) is 9.38 Å². The first-order valence-corrected chi connectivity index (χ1v) is 9.30. The molecule has 4 nitrogen and oxygen atoms in total. The molecule has 0 saturated carbocycles. The number of amides is 1. The normalized spacial score (nSPS) is 10.8. The summed E-state index contributed by atoms with van der Waals surface area (Å²) in [6.07, 6.45) is 4.01. The molecule has 2 aromatic heterocycles. The van der Waals surface area contributed by atoms with E-state index in [1.807, 2.05) is 71.4 Å². The number of hydrogen-bond donors (Lipinski definition) is 1. The maximum atomic E-state index is 12.4. The quantitative estimate of drug-likeness (QED) is 0.436. The highest BCUT2D eigenvalue weighted by Crippen LogP contribution is 2.23. The van der Waals surface area contributed by atoms with E-state index in [1.165, 1.54) is 0 Å². The van der Waals surface area contributed by atoms with Crippen molar-refractivity contribution < 1.29 is 4.79 Å². The van der Waals surface area contributed by atoms with Gasteiger partial charge < -0.3 is 9.72 Å². The first kappa shape index (κ1) is 16.8. The number of fused-ring (bicyclic) bond motifs is 1. The van der Waals surface area contributed by atoms with E-state index in [9.17, 15) is 4.79 Å². The number of aryl methyl sites for hydroxylation is 1. The van der Waals surface area contributed by atoms with E-state index in [0.717, 1.165) is 31.7 Å². The average molecular weight is 453 g/mol. The second kappa shape index (κ2) is 6.92. The van der Waals surface area contributed by atoms with Crippen LogP contribution in [0.15, 0.2) is 73.1 Å². The van der Waals surface area contributed by atoms with E-state index in [0.29, 0.717) is 5.56 Å². The number of nitrogens with zero attached hydrogens (tertiary/aromatic N) is 2. The van der Waals surface area contributed by atoms with Gasteiger partial charge in [0.05, 0.1) is 11.3 Å². The molecule has 0 radical (unpaired) electrons. The summed E-state index contributed by atoms with van der Waals surface area (Å²) in [6.45, 7) is 2.05. The molecule has 1 amide bonds. The maximum Gasteiger partial charge on any atom is 0.256 e. The van der Waals surface area contributed by atoms with Crippen molar-refractivity contribution in [2.24, 2.45) is 0 Å². The fraction of sp³-hybridized carbons (Fsp3) is 0.0476. The molecule has 0 aliphatic heterocycles. The molecule has 4 rings (SSSR count). The van der Waals surface area contributed by atoms with Gasteiger partial charge in [-0.2, -0.15) is 0 Å². The Labute approximate surface area is 165 Å². The molecule has 26 heavy (non-hydrogen) atoms. The second-order valence-corrected chi connectivity index (χ2v) is 7.22. The molecule has 0 atom stereocenters. The van der Waals surface area contributed by atoms with Crippen LogP contribution in [0.5, 0.6) is 0 Å². The van der Waals surface area contributed by atoms with E-state index in [1.54, 1.807) is 0 Å². The van der Waals surface area contributed by atoms with Crippen LogP contribution in [0.25, 0.3) is 16.9 Å². The number of rotatable bonds is 3. The first-order chi connectivity index (χ1) is 12.6. The van der Waals surface area contributed by atoms with Crippen molar-refractivity contribution in [3.8, 4) is 11.3 Å². The molecule has 2 heterocycles. The van der Waals surface area contributed by atoms with Crippen LogP contribution in [0.4, 0.5) is 5.69 Å². The van der Waals surface area contributed by atoms with Gasteiger partial charge in [-0.25, -0.2) is 4.98 Å². The van der Waals surface area contributed by atoms with Gasteiger partial charge in [-0.1, -0.05) is 30.3 Å². The monoisotopic (exact) mass is 453 g/mol. The van der Waals surface area contributed by atoms with Crippen molar-refractivity contribution in [1.29, 1.82) is 0 Å². The standard InChI is InChI=1S/C21H16IN3O/c1-14-5-4-12-25-13-19(24-20(14)25)15-8-10-16(11-9-15)23-21(26)17-6-2-3-7-18(17)22/h2-13H,1H3,(H,23,26). The topological polar surface area (TPSA) is 46.4 Å². The fourth-order valence-electron chi connectivity index (χ4n) is 2.86. The Kier molecular flexibility index (Phi) is 4.46. The summed E-state index contributed by atoms with van der Waals surface area (Å²) >= 11 is 2.17. The molecule has 5 heteroatoms. The zero-order chi connectivity index (χ0) is 18.1. The smallest absolute Gasteiger partial charge is 0.256 e. The summed E-state index contributed by atoms with van der Waals surface area (Å²) in [4.78, 5) is 17.1. The molecule has 1 N–H and O–H groups in total. The predicted molar refractivity (Wildman–Crippen MR) is 112 cm³/mol. The summed E-state index contributed by atoms with van der Waals surface area (Å²) in [5.41, 5.74) is 5.46. The highest BCUT2D eigenvalue weighted by molar-refractivity contribution is 14.1. The number of benzene rings is 2. The number of aromatic nitrogens is 2. The van der Waals surface area contributed by atoms with Crippen molar-refractivity contribution in [2.75, 3.05) is 5.32 Å². The lowest BCUT2D eigenvalue weighted by Crippen LogP contribution is -2.13. The Bertz CT molecular complexity index is 1100. The van der Waals surface area contributed by atoms with Crippen LogP contribution < -0.4 is 5.32 Å². The minimum absolute atomic E-state index is 0.105. The Morgan fingerprint density at radius 1 is 1.04 bits per heavy atom. The molecule has 0 spiro atoms. The number of anilines is 1. The number of carbonyl (C=O) groups excluding carboxylic acids is 1. The zero-order valence-electron chi connectivity index (χ0n) is 14.1. The Morgan fingerprint density at radius 3 is 2.54 bits per heavy atom. The minimum Gasteiger partial charge on any atom is -0.322 e. The summed E-state index contributed by atoms with van der Waals surface area (Å²) in [5.74, 6) is -0.105. The van der Waals surface area contributed by atoms with Crippen LogP contribution in [0.1, 0.15) is 15.9 Å². The van der Waals surface area contributed by atoms with Crippen LogP contribution in [0.3, 0.4) is 0 Å². The van der Waals surface area contributed by atoms with Crippen molar-refractivity contribution in [3.63, 3.8) is 0 Å². The van der Waals surface area contributed by atoms with Crippen LogP contribution in [-0.2, 0) is 0 Å². The van der Waals surface area contributed by atoms with Crippen molar-refractivity contribution in [3.05, 3.63) is 87.8 Å². The lowest BCUT2D eigenvalue weighted by Gasteiger charge is -2.07. The lowest BCUT2D eigenvalue weighted by molar-refractivity contribution is 0.102. The lowest BCUT2D eigenvalue weighted by atomic mass is 10.1. The van der Waals surface area contributed by atoms with Crippen LogP contribution in [0, 0.1) is 10.5 Å². The number of pyridine rings is 1. The molecule has 2 aromatic carbocycles. The third kappa shape index (κ3) is 3.22.